The lowest BCUT2D eigenvalue weighted by Crippen LogP contribution is -2.39. The maximum atomic E-state index is 10.6. The van der Waals surface area contributed by atoms with Gasteiger partial charge in [-0.25, -0.2) is 4.79 Å². The third-order valence-corrected chi connectivity index (χ3v) is 1.68. The highest BCUT2D eigenvalue weighted by Crippen LogP contribution is 2.09. The largest absolute Gasteiger partial charge is 0.478 e. The van der Waals surface area contributed by atoms with Gasteiger partial charge in [0.05, 0.1) is 18.3 Å². The topological polar surface area (TPSA) is 66.6 Å². The van der Waals surface area contributed by atoms with Gasteiger partial charge in [0.2, 0.25) is 0 Å². The van der Waals surface area contributed by atoms with E-state index in [9.17, 15) is 4.79 Å². The molecule has 4 heteroatoms. The van der Waals surface area contributed by atoms with Gasteiger partial charge in [-0.2, -0.15) is 0 Å². The van der Waals surface area contributed by atoms with E-state index >= 15 is 0 Å². The minimum absolute atomic E-state index is 0.192. The Morgan fingerprint density at radius 3 is 3.08 bits per heavy atom. The van der Waals surface area contributed by atoms with E-state index in [4.69, 9.17) is 17.3 Å². The van der Waals surface area contributed by atoms with Gasteiger partial charge in [0.15, 0.2) is 0 Å². The average molecular weight is 178 g/mol. The van der Waals surface area contributed by atoms with Crippen molar-refractivity contribution in [2.24, 2.45) is 5.73 Å². The maximum Gasteiger partial charge on any atom is 0.337 e. The van der Waals surface area contributed by atoms with E-state index in [1.54, 1.807) is 11.0 Å². The molecule has 0 spiro atoms. The molecule has 1 rings (SSSR count). The van der Waals surface area contributed by atoms with Crippen molar-refractivity contribution < 1.29 is 9.90 Å². The van der Waals surface area contributed by atoms with Gasteiger partial charge < -0.3 is 15.7 Å². The molecule has 1 aliphatic rings. The summed E-state index contributed by atoms with van der Waals surface area (Å²) in [7, 11) is 0. The zero-order chi connectivity index (χ0) is 9.84. The van der Waals surface area contributed by atoms with E-state index < -0.39 is 5.97 Å². The van der Waals surface area contributed by atoms with Gasteiger partial charge >= 0.3 is 5.97 Å². The molecule has 1 unspecified atom stereocenters. The molecular formula is C9H10N2O2. The number of carbonyl (C=O) groups is 1. The number of nitrogens with two attached hydrogens (primary N) is 1. The second-order valence-electron chi connectivity index (χ2n) is 2.62. The number of carboxylic acids is 1. The molecule has 1 aliphatic heterocycles. The summed E-state index contributed by atoms with van der Waals surface area (Å²) in [6, 6.07) is 0. The zero-order valence-corrected chi connectivity index (χ0v) is 6.97. The third kappa shape index (κ3) is 2.10. The van der Waals surface area contributed by atoms with Crippen molar-refractivity contribution in [1.29, 1.82) is 0 Å². The van der Waals surface area contributed by atoms with Crippen LogP contribution < -0.4 is 5.73 Å². The molecule has 0 saturated carbocycles. The molecule has 0 aromatic rings. The van der Waals surface area contributed by atoms with Gasteiger partial charge in [-0.05, 0) is 12.2 Å². The highest BCUT2D eigenvalue weighted by Gasteiger charge is 2.15. The first-order valence-electron chi connectivity index (χ1n) is 3.73. The predicted octanol–water partition coefficient (Wildman–Crippen LogP) is -0.255. The van der Waals surface area contributed by atoms with E-state index in [2.05, 4.69) is 5.92 Å². The molecule has 13 heavy (non-hydrogen) atoms. The lowest BCUT2D eigenvalue weighted by Gasteiger charge is -2.26. The van der Waals surface area contributed by atoms with Crippen LogP contribution in [-0.2, 0) is 4.79 Å². The van der Waals surface area contributed by atoms with Crippen LogP contribution in [-0.4, -0.2) is 28.7 Å². The van der Waals surface area contributed by atoms with Crippen molar-refractivity contribution in [3.8, 4) is 12.3 Å². The first-order valence-corrected chi connectivity index (χ1v) is 3.73. The van der Waals surface area contributed by atoms with Crippen molar-refractivity contribution >= 4 is 5.97 Å². The zero-order valence-electron chi connectivity index (χ0n) is 6.97. The highest BCUT2D eigenvalue weighted by molar-refractivity contribution is 5.89. The van der Waals surface area contributed by atoms with Gasteiger partial charge in [0.1, 0.15) is 0 Å². The van der Waals surface area contributed by atoms with Gasteiger partial charge in [0, 0.05) is 6.20 Å². The molecule has 0 saturated heterocycles. The molecule has 1 atom stereocenters. The van der Waals surface area contributed by atoms with Crippen LogP contribution in [0.2, 0.25) is 0 Å². The van der Waals surface area contributed by atoms with Crippen molar-refractivity contribution in [3.05, 3.63) is 23.9 Å². The predicted molar refractivity (Wildman–Crippen MR) is 48.4 cm³/mol. The molecule has 1 heterocycles. The molecule has 0 aromatic carbocycles. The van der Waals surface area contributed by atoms with E-state index in [1.165, 1.54) is 12.3 Å². The maximum absolute atomic E-state index is 10.6. The third-order valence-electron chi connectivity index (χ3n) is 1.68. The van der Waals surface area contributed by atoms with Crippen LogP contribution in [0.25, 0.3) is 0 Å². The monoisotopic (exact) mass is 178 g/mol. The van der Waals surface area contributed by atoms with Gasteiger partial charge in [-0.1, -0.05) is 5.92 Å². The molecule has 68 valence electrons. The average Bonchev–Trinajstić information content (AvgIpc) is 2.08. The fourth-order valence-corrected chi connectivity index (χ4v) is 1.00. The SMILES string of the molecule is C#CCN1C=C(C(=O)O)C=CC1N. The summed E-state index contributed by atoms with van der Waals surface area (Å²) >= 11 is 0. The second-order valence-corrected chi connectivity index (χ2v) is 2.62. The Kier molecular flexibility index (Phi) is 2.72. The van der Waals surface area contributed by atoms with Crippen LogP contribution in [0.15, 0.2) is 23.9 Å². The van der Waals surface area contributed by atoms with Crippen LogP contribution in [0, 0.1) is 12.3 Å². The Labute approximate surface area is 76.3 Å². The fraction of sp³-hybridized carbons (Fsp3) is 0.222. The highest BCUT2D eigenvalue weighted by atomic mass is 16.4. The number of nitrogens with zero attached hydrogens (tertiary/aromatic N) is 1. The Bertz CT molecular complexity index is 312. The summed E-state index contributed by atoms with van der Waals surface area (Å²) in [5.41, 5.74) is 5.83. The summed E-state index contributed by atoms with van der Waals surface area (Å²) in [5.74, 6) is 1.42. The Morgan fingerprint density at radius 1 is 1.85 bits per heavy atom. The standard InChI is InChI=1S/C9H10N2O2/c1-2-5-11-6-7(9(12)13)3-4-8(11)10/h1,3-4,6,8H,5,10H2,(H,12,13). The number of hydrogen-bond acceptors (Lipinski definition) is 3. The number of terminal acetylenes is 1. The molecule has 0 fully saturated rings. The normalized spacial score (nSPS) is 20.8. The summed E-state index contributed by atoms with van der Waals surface area (Å²) in [5, 5.41) is 8.67. The van der Waals surface area contributed by atoms with Gasteiger partial charge in [0.25, 0.3) is 0 Å². The molecule has 0 amide bonds. The minimum atomic E-state index is -0.981. The van der Waals surface area contributed by atoms with E-state index in [-0.39, 0.29) is 11.7 Å². The molecule has 0 aromatic heterocycles. The first-order chi connectivity index (χ1) is 6.15. The molecule has 4 nitrogen and oxygen atoms in total. The number of aliphatic carboxylic acids is 1. The van der Waals surface area contributed by atoms with Crippen molar-refractivity contribution in [1.82, 2.24) is 4.90 Å². The Hall–Kier alpha value is -1.73. The van der Waals surface area contributed by atoms with Crippen LogP contribution in [0.5, 0.6) is 0 Å². The number of hydrogen-bond donors (Lipinski definition) is 2. The second kappa shape index (κ2) is 3.78. The molecule has 3 N–H and O–H groups in total. The van der Waals surface area contributed by atoms with Crippen LogP contribution in [0.3, 0.4) is 0 Å². The number of rotatable bonds is 2. The summed E-state index contributed by atoms with van der Waals surface area (Å²) < 4.78 is 0. The number of carboxylic acid groups (broad SMARTS) is 1. The smallest absolute Gasteiger partial charge is 0.337 e. The quantitative estimate of drug-likeness (QED) is 0.572. The molecule has 0 radical (unpaired) electrons. The van der Waals surface area contributed by atoms with Gasteiger partial charge in [-0.3, -0.25) is 0 Å². The van der Waals surface area contributed by atoms with Crippen LogP contribution in [0.4, 0.5) is 0 Å². The fourth-order valence-electron chi connectivity index (χ4n) is 1.00. The van der Waals surface area contributed by atoms with Gasteiger partial charge in [-0.15, -0.1) is 6.42 Å². The Balaban J connectivity index is 2.81. The van der Waals surface area contributed by atoms with Crippen molar-refractivity contribution in [2.75, 3.05) is 6.54 Å². The first kappa shape index (κ1) is 9.36. The van der Waals surface area contributed by atoms with E-state index in [0.29, 0.717) is 6.54 Å². The molecular weight excluding hydrogens is 168 g/mol. The van der Waals surface area contributed by atoms with Crippen molar-refractivity contribution in [2.45, 2.75) is 6.17 Å². The summed E-state index contributed by atoms with van der Waals surface area (Å²) in [4.78, 5) is 12.2. The Morgan fingerprint density at radius 2 is 2.54 bits per heavy atom. The minimum Gasteiger partial charge on any atom is -0.478 e. The van der Waals surface area contributed by atoms with Crippen LogP contribution in [0.1, 0.15) is 0 Å². The van der Waals surface area contributed by atoms with E-state index in [0.717, 1.165) is 0 Å². The van der Waals surface area contributed by atoms with Crippen LogP contribution >= 0.6 is 0 Å². The lowest BCUT2D eigenvalue weighted by molar-refractivity contribution is -0.132. The van der Waals surface area contributed by atoms with E-state index in [1.807, 2.05) is 0 Å². The van der Waals surface area contributed by atoms with Crippen molar-refractivity contribution in [3.63, 3.8) is 0 Å². The molecule has 0 aliphatic carbocycles. The lowest BCUT2D eigenvalue weighted by atomic mass is 10.2. The molecule has 0 bridgehead atoms. The summed E-state index contributed by atoms with van der Waals surface area (Å²) in [6.07, 6.45) is 9.28. The summed E-state index contributed by atoms with van der Waals surface area (Å²) in [6.45, 7) is 0.308.